The van der Waals surface area contributed by atoms with Gasteiger partial charge < -0.3 is 4.90 Å². The Balaban J connectivity index is 1.19. The van der Waals surface area contributed by atoms with Crippen LogP contribution in [0.2, 0.25) is 0 Å². The Hall–Kier alpha value is -8.00. The van der Waals surface area contributed by atoms with Gasteiger partial charge in [-0.2, -0.15) is 0 Å². The summed E-state index contributed by atoms with van der Waals surface area (Å²) < 4.78 is 0. The quantitative estimate of drug-likeness (QED) is 0.171. The minimum absolute atomic E-state index is 0.506. The van der Waals surface area contributed by atoms with Crippen molar-refractivity contribution < 1.29 is 0 Å². The van der Waals surface area contributed by atoms with Gasteiger partial charge in [-0.1, -0.05) is 200 Å². The molecule has 4 aliphatic rings. The molecule has 63 heavy (non-hydrogen) atoms. The Morgan fingerprint density at radius 1 is 0.222 bits per heavy atom. The molecular formula is C62H39N. The van der Waals surface area contributed by atoms with Gasteiger partial charge in [-0.15, -0.1) is 0 Å². The van der Waals surface area contributed by atoms with Gasteiger partial charge in [0.15, 0.2) is 0 Å². The molecule has 0 unspecified atom stereocenters. The number of nitrogens with zero attached hydrogens (tertiary/aromatic N) is 1. The van der Waals surface area contributed by atoms with Gasteiger partial charge in [-0.05, 0) is 137 Å². The van der Waals surface area contributed by atoms with Crippen molar-refractivity contribution in [3.05, 3.63) is 281 Å². The first-order chi connectivity index (χ1) is 31.3. The zero-order chi connectivity index (χ0) is 41.3. The third-order valence-corrected chi connectivity index (χ3v) is 14.7. The normalized spacial score (nSPS) is 14.3. The van der Waals surface area contributed by atoms with Gasteiger partial charge in [0.2, 0.25) is 0 Å². The molecule has 0 aromatic heterocycles. The molecule has 0 heterocycles. The van der Waals surface area contributed by atoms with Crippen LogP contribution >= 0.6 is 0 Å². The number of hydrogen-bond donors (Lipinski definition) is 0. The van der Waals surface area contributed by atoms with Crippen molar-refractivity contribution in [3.63, 3.8) is 0 Å². The molecule has 0 radical (unpaired) electrons. The summed E-state index contributed by atoms with van der Waals surface area (Å²) >= 11 is 0. The van der Waals surface area contributed by atoms with Gasteiger partial charge in [0.25, 0.3) is 0 Å². The Morgan fingerprint density at radius 2 is 0.571 bits per heavy atom. The summed E-state index contributed by atoms with van der Waals surface area (Å²) in [7, 11) is 0. The molecule has 10 aromatic rings. The Kier molecular flexibility index (Phi) is 7.03. The molecule has 0 N–H and O–H groups in total. The highest BCUT2D eigenvalue weighted by Gasteiger charge is 2.57. The molecule has 0 aliphatic heterocycles. The highest BCUT2D eigenvalue weighted by molar-refractivity contribution is 6.09. The van der Waals surface area contributed by atoms with Gasteiger partial charge in [0.05, 0.1) is 10.8 Å². The molecule has 0 bridgehead atoms. The topological polar surface area (TPSA) is 3.24 Å². The highest BCUT2D eigenvalue weighted by atomic mass is 15.1. The van der Waals surface area contributed by atoms with Crippen LogP contribution in [0, 0.1) is 0 Å². The molecule has 1 heteroatoms. The number of para-hydroxylation sites is 2. The largest absolute Gasteiger partial charge is 0.310 e. The predicted molar refractivity (Wildman–Crippen MR) is 259 cm³/mol. The van der Waals surface area contributed by atoms with Crippen LogP contribution in [-0.2, 0) is 10.8 Å². The third kappa shape index (κ3) is 4.31. The fraction of sp³-hybridized carbons (Fsp3) is 0.0323. The molecule has 0 amide bonds. The number of anilines is 3. The van der Waals surface area contributed by atoms with E-state index in [2.05, 4.69) is 241 Å². The minimum atomic E-state index is -0.563. The number of fused-ring (bicyclic) bond motifs is 20. The first-order valence-electron chi connectivity index (χ1n) is 22.1. The zero-order valence-electron chi connectivity index (χ0n) is 34.5. The lowest BCUT2D eigenvalue weighted by molar-refractivity contribution is 0.768. The van der Waals surface area contributed by atoms with E-state index in [9.17, 15) is 0 Å². The molecule has 0 atom stereocenters. The van der Waals surface area contributed by atoms with Gasteiger partial charge in [-0.25, -0.2) is 0 Å². The Bertz CT molecular complexity index is 3380. The van der Waals surface area contributed by atoms with E-state index in [1.807, 2.05) is 0 Å². The van der Waals surface area contributed by atoms with E-state index in [1.165, 1.54) is 100 Å². The number of benzene rings is 10. The fourth-order valence-corrected chi connectivity index (χ4v) is 12.5. The lowest BCUT2D eigenvalue weighted by atomic mass is 9.66. The van der Waals surface area contributed by atoms with Gasteiger partial charge in [0, 0.05) is 17.1 Å². The van der Waals surface area contributed by atoms with Crippen LogP contribution in [0.1, 0.15) is 44.5 Å². The molecule has 1 nitrogen and oxygen atoms in total. The van der Waals surface area contributed by atoms with E-state index in [1.54, 1.807) is 0 Å². The van der Waals surface area contributed by atoms with Crippen LogP contribution < -0.4 is 4.90 Å². The van der Waals surface area contributed by atoms with Crippen molar-refractivity contribution in [1.29, 1.82) is 0 Å². The van der Waals surface area contributed by atoms with E-state index in [0.29, 0.717) is 0 Å². The SMILES string of the molecule is c1ccc(-c2c3c(cc4c2-c2cc(N(c5ccccc5)c5ccccc5)ccc2C42c4ccccc4-c4ccccc42)C2(c4ccccc4-c4ccccc42)c2ccccc2-3)cc1. The van der Waals surface area contributed by atoms with Gasteiger partial charge >= 0.3 is 0 Å². The van der Waals surface area contributed by atoms with E-state index in [4.69, 9.17) is 0 Å². The average molecular weight is 798 g/mol. The second-order valence-electron chi connectivity index (χ2n) is 17.4. The van der Waals surface area contributed by atoms with Crippen molar-refractivity contribution >= 4 is 17.1 Å². The molecule has 4 aliphatic carbocycles. The fourth-order valence-electron chi connectivity index (χ4n) is 12.5. The molecule has 2 spiro atoms. The maximum atomic E-state index is 2.68. The summed E-state index contributed by atoms with van der Waals surface area (Å²) in [4.78, 5) is 2.41. The summed E-state index contributed by atoms with van der Waals surface area (Å²) in [5.41, 5.74) is 26.1. The van der Waals surface area contributed by atoms with Crippen molar-refractivity contribution in [3.8, 4) is 55.6 Å². The first kappa shape index (κ1) is 34.7. The van der Waals surface area contributed by atoms with Crippen LogP contribution in [0.4, 0.5) is 17.1 Å². The van der Waals surface area contributed by atoms with Crippen LogP contribution in [0.3, 0.4) is 0 Å². The predicted octanol–water partition coefficient (Wildman–Crippen LogP) is 15.5. The molecular weight excluding hydrogens is 759 g/mol. The molecule has 0 fully saturated rings. The van der Waals surface area contributed by atoms with E-state index >= 15 is 0 Å². The second kappa shape index (κ2) is 12.8. The summed E-state index contributed by atoms with van der Waals surface area (Å²) in [6.07, 6.45) is 0. The molecule has 14 rings (SSSR count). The second-order valence-corrected chi connectivity index (χ2v) is 17.4. The molecule has 0 saturated heterocycles. The van der Waals surface area contributed by atoms with Crippen LogP contribution in [0.25, 0.3) is 55.6 Å². The maximum Gasteiger partial charge on any atom is 0.0725 e. The smallest absolute Gasteiger partial charge is 0.0725 e. The van der Waals surface area contributed by atoms with Gasteiger partial charge in [0.1, 0.15) is 0 Å². The first-order valence-corrected chi connectivity index (χ1v) is 22.1. The van der Waals surface area contributed by atoms with E-state index in [0.717, 1.165) is 17.1 Å². The third-order valence-electron chi connectivity index (χ3n) is 14.7. The summed E-state index contributed by atoms with van der Waals surface area (Å²) in [5.74, 6) is 0. The lowest BCUT2D eigenvalue weighted by Crippen LogP contribution is -2.29. The van der Waals surface area contributed by atoms with Crippen molar-refractivity contribution in [1.82, 2.24) is 0 Å². The highest BCUT2D eigenvalue weighted by Crippen LogP contribution is 2.70. The average Bonchev–Trinajstić information content (AvgIpc) is 4.03. The van der Waals surface area contributed by atoms with Crippen molar-refractivity contribution in [2.24, 2.45) is 0 Å². The Morgan fingerprint density at radius 3 is 1.03 bits per heavy atom. The van der Waals surface area contributed by atoms with Crippen LogP contribution in [0.15, 0.2) is 237 Å². The summed E-state index contributed by atoms with van der Waals surface area (Å²) in [6.45, 7) is 0. The van der Waals surface area contributed by atoms with Crippen molar-refractivity contribution in [2.45, 2.75) is 10.8 Å². The summed E-state index contributed by atoms with van der Waals surface area (Å²) in [5, 5.41) is 0. The molecule has 10 aromatic carbocycles. The van der Waals surface area contributed by atoms with E-state index in [-0.39, 0.29) is 0 Å². The lowest BCUT2D eigenvalue weighted by Gasteiger charge is -2.34. The van der Waals surface area contributed by atoms with Crippen molar-refractivity contribution in [2.75, 3.05) is 4.90 Å². The maximum absolute atomic E-state index is 2.68. The molecule has 0 saturated carbocycles. The monoisotopic (exact) mass is 797 g/mol. The van der Waals surface area contributed by atoms with E-state index < -0.39 is 10.8 Å². The standard InChI is InChI=1S/C62H39N/c1-4-20-40(21-5-1)58-59-48-30-14-19-35-54(48)61(50-31-15-10-26-44(50)45-27-11-16-32-51(45)61)56(59)39-57-60(58)49-38-43(63(41-22-6-2-7-23-41)42-24-8-3-9-25-42)36-37-55(49)62(57)52-33-17-12-28-46(52)47-29-13-18-34-53(47)62/h1-39H. The molecule has 292 valence electrons. The Labute approximate surface area is 367 Å². The van der Waals surface area contributed by atoms with Gasteiger partial charge in [-0.3, -0.25) is 0 Å². The minimum Gasteiger partial charge on any atom is -0.310 e. The number of hydrogen-bond acceptors (Lipinski definition) is 1. The van der Waals surface area contributed by atoms with Crippen LogP contribution in [-0.4, -0.2) is 0 Å². The summed E-state index contributed by atoms with van der Waals surface area (Å²) in [6, 6.07) is 89.0. The number of rotatable bonds is 4. The zero-order valence-corrected chi connectivity index (χ0v) is 34.5. The van der Waals surface area contributed by atoms with Crippen LogP contribution in [0.5, 0.6) is 0 Å².